The Hall–Kier alpha value is -2.31. The van der Waals surface area contributed by atoms with Crippen molar-refractivity contribution in [2.45, 2.75) is 31.9 Å². The van der Waals surface area contributed by atoms with E-state index < -0.39 is 6.10 Å². The number of aliphatic hydroxyl groups excluding tert-OH is 1. The summed E-state index contributed by atoms with van der Waals surface area (Å²) in [7, 11) is 0. The lowest BCUT2D eigenvalue weighted by Crippen LogP contribution is -2.45. The Labute approximate surface area is 154 Å². The van der Waals surface area contributed by atoms with Crippen LogP contribution in [0.1, 0.15) is 18.4 Å². The second-order valence-corrected chi connectivity index (χ2v) is 6.82. The molecule has 1 atom stereocenters. The third-order valence-corrected chi connectivity index (χ3v) is 4.64. The van der Waals surface area contributed by atoms with E-state index in [-0.39, 0.29) is 12.4 Å². The van der Waals surface area contributed by atoms with Gasteiger partial charge in [-0.15, -0.1) is 0 Å². The number of nitrogens with zero attached hydrogens (tertiary/aromatic N) is 2. The lowest BCUT2D eigenvalue weighted by molar-refractivity contribution is 0.102. The number of phenolic OH excluding ortho intramolecular Hbond substituents is 1. The van der Waals surface area contributed by atoms with Gasteiger partial charge in [0.1, 0.15) is 30.0 Å². The molecule has 1 aromatic carbocycles. The van der Waals surface area contributed by atoms with Crippen molar-refractivity contribution in [1.29, 1.82) is 0 Å². The first-order valence-electron chi connectivity index (χ1n) is 9.11. The number of aliphatic hydroxyl groups is 1. The summed E-state index contributed by atoms with van der Waals surface area (Å²) in [6.45, 7) is 4.71. The van der Waals surface area contributed by atoms with E-state index in [4.69, 9.17) is 4.74 Å². The highest BCUT2D eigenvalue weighted by molar-refractivity contribution is 5.39. The normalized spacial score (nSPS) is 16.5. The number of phenols is 1. The van der Waals surface area contributed by atoms with Crippen molar-refractivity contribution >= 4 is 5.82 Å². The van der Waals surface area contributed by atoms with Crippen molar-refractivity contribution in [3.63, 3.8) is 0 Å². The lowest BCUT2D eigenvalue weighted by Gasteiger charge is -2.33. The number of ether oxygens (including phenoxy) is 1. The number of nitrogens with one attached hydrogen (secondary N) is 1. The summed E-state index contributed by atoms with van der Waals surface area (Å²) in [5.74, 6) is 1.88. The van der Waals surface area contributed by atoms with E-state index in [0.29, 0.717) is 18.3 Å². The summed E-state index contributed by atoms with van der Waals surface area (Å²) in [6, 6.07) is 11.1. The fourth-order valence-corrected chi connectivity index (χ4v) is 3.06. The van der Waals surface area contributed by atoms with E-state index in [1.54, 1.807) is 24.3 Å². The number of anilines is 1. The van der Waals surface area contributed by atoms with Gasteiger partial charge >= 0.3 is 0 Å². The van der Waals surface area contributed by atoms with Gasteiger partial charge in [0.15, 0.2) is 0 Å². The van der Waals surface area contributed by atoms with Crippen molar-refractivity contribution in [2.24, 2.45) is 0 Å². The zero-order chi connectivity index (χ0) is 18.4. The fourth-order valence-electron chi connectivity index (χ4n) is 3.06. The number of aromatic hydroxyl groups is 1. The Morgan fingerprint density at radius 2 is 1.92 bits per heavy atom. The second kappa shape index (κ2) is 8.87. The standard InChI is InChI=1S/C20H27N3O3/c1-15-2-7-20(22-12-15)23-10-8-16(9-11-23)21-13-18(25)14-26-19-5-3-17(24)4-6-19/h2-7,12,16,18,21,24-25H,8-11,13-14H2,1H3. The van der Waals surface area contributed by atoms with Crippen LogP contribution in [0.4, 0.5) is 5.82 Å². The highest BCUT2D eigenvalue weighted by Gasteiger charge is 2.20. The van der Waals surface area contributed by atoms with Crippen LogP contribution in [0.15, 0.2) is 42.6 Å². The number of hydrogen-bond acceptors (Lipinski definition) is 6. The van der Waals surface area contributed by atoms with Gasteiger partial charge in [-0.3, -0.25) is 0 Å². The number of aromatic nitrogens is 1. The average Bonchev–Trinajstić information content (AvgIpc) is 2.67. The van der Waals surface area contributed by atoms with E-state index >= 15 is 0 Å². The van der Waals surface area contributed by atoms with E-state index in [1.165, 1.54) is 5.56 Å². The monoisotopic (exact) mass is 357 g/mol. The molecule has 1 aromatic heterocycles. The maximum atomic E-state index is 10.1. The minimum Gasteiger partial charge on any atom is -0.508 e. The average molecular weight is 357 g/mol. The number of pyridine rings is 1. The molecule has 3 rings (SSSR count). The van der Waals surface area contributed by atoms with E-state index in [1.807, 2.05) is 13.1 Å². The molecule has 1 unspecified atom stereocenters. The Bertz CT molecular complexity index is 668. The van der Waals surface area contributed by atoms with Crippen LogP contribution >= 0.6 is 0 Å². The van der Waals surface area contributed by atoms with Crippen LogP contribution in [0, 0.1) is 6.92 Å². The number of benzene rings is 1. The molecule has 6 nitrogen and oxygen atoms in total. The molecule has 3 N–H and O–H groups in total. The SMILES string of the molecule is Cc1ccc(N2CCC(NCC(O)COc3ccc(O)cc3)CC2)nc1. The van der Waals surface area contributed by atoms with Gasteiger partial charge in [0, 0.05) is 31.9 Å². The fraction of sp³-hybridized carbons (Fsp3) is 0.450. The number of hydrogen-bond donors (Lipinski definition) is 3. The van der Waals surface area contributed by atoms with Crippen LogP contribution < -0.4 is 15.0 Å². The Kier molecular flexibility index (Phi) is 6.30. The predicted octanol–water partition coefficient (Wildman–Crippen LogP) is 2.09. The van der Waals surface area contributed by atoms with Gasteiger partial charge in [-0.25, -0.2) is 4.98 Å². The zero-order valence-corrected chi connectivity index (χ0v) is 15.1. The zero-order valence-electron chi connectivity index (χ0n) is 15.1. The summed E-state index contributed by atoms with van der Waals surface area (Å²) < 4.78 is 5.53. The first kappa shape index (κ1) is 18.5. The summed E-state index contributed by atoms with van der Waals surface area (Å²) in [5, 5.41) is 22.8. The third-order valence-electron chi connectivity index (χ3n) is 4.64. The molecule has 26 heavy (non-hydrogen) atoms. The van der Waals surface area contributed by atoms with Gasteiger partial charge < -0.3 is 25.2 Å². The molecular formula is C20H27N3O3. The highest BCUT2D eigenvalue weighted by atomic mass is 16.5. The van der Waals surface area contributed by atoms with Crippen LogP contribution in [0.25, 0.3) is 0 Å². The summed E-state index contributed by atoms with van der Waals surface area (Å²) >= 11 is 0. The van der Waals surface area contributed by atoms with Crippen molar-refractivity contribution < 1.29 is 14.9 Å². The van der Waals surface area contributed by atoms with Gasteiger partial charge in [0.05, 0.1) is 0 Å². The molecule has 1 fully saturated rings. The Morgan fingerprint density at radius 1 is 1.19 bits per heavy atom. The topological polar surface area (TPSA) is 77.9 Å². The molecule has 1 aliphatic heterocycles. The molecule has 0 bridgehead atoms. The molecule has 0 spiro atoms. The first-order valence-corrected chi connectivity index (χ1v) is 9.11. The largest absolute Gasteiger partial charge is 0.508 e. The summed E-state index contributed by atoms with van der Waals surface area (Å²) in [4.78, 5) is 6.80. The molecule has 0 amide bonds. The van der Waals surface area contributed by atoms with Gasteiger partial charge in [-0.05, 0) is 55.7 Å². The van der Waals surface area contributed by atoms with Crippen LogP contribution in [0.2, 0.25) is 0 Å². The molecule has 0 aliphatic carbocycles. The summed E-state index contributed by atoms with van der Waals surface area (Å²) in [6.07, 6.45) is 3.40. The lowest BCUT2D eigenvalue weighted by atomic mass is 10.0. The van der Waals surface area contributed by atoms with Crippen molar-refractivity contribution in [3.05, 3.63) is 48.2 Å². The number of rotatable bonds is 7. The molecule has 0 radical (unpaired) electrons. The van der Waals surface area contributed by atoms with Crippen LogP contribution in [-0.2, 0) is 0 Å². The number of aryl methyl sites for hydroxylation is 1. The highest BCUT2D eigenvalue weighted by Crippen LogP contribution is 2.18. The van der Waals surface area contributed by atoms with Crippen molar-refractivity contribution in [3.8, 4) is 11.5 Å². The predicted molar refractivity (Wildman–Crippen MR) is 102 cm³/mol. The van der Waals surface area contributed by atoms with Crippen LogP contribution in [-0.4, -0.2) is 53.6 Å². The molecule has 2 heterocycles. The Balaban J connectivity index is 1.35. The first-order chi connectivity index (χ1) is 12.6. The minimum atomic E-state index is -0.569. The van der Waals surface area contributed by atoms with Crippen LogP contribution in [0.3, 0.4) is 0 Å². The molecule has 2 aromatic rings. The van der Waals surface area contributed by atoms with Gasteiger partial charge in [-0.1, -0.05) is 6.07 Å². The smallest absolute Gasteiger partial charge is 0.128 e. The number of piperidine rings is 1. The molecule has 0 saturated carbocycles. The molecular weight excluding hydrogens is 330 g/mol. The van der Waals surface area contributed by atoms with Gasteiger partial charge in [0.2, 0.25) is 0 Å². The quantitative estimate of drug-likeness (QED) is 0.704. The van der Waals surface area contributed by atoms with Gasteiger partial charge in [-0.2, -0.15) is 0 Å². The van der Waals surface area contributed by atoms with Crippen LogP contribution in [0.5, 0.6) is 11.5 Å². The molecule has 1 saturated heterocycles. The molecule has 1 aliphatic rings. The van der Waals surface area contributed by atoms with Crippen molar-refractivity contribution in [1.82, 2.24) is 10.3 Å². The van der Waals surface area contributed by atoms with E-state index in [2.05, 4.69) is 27.3 Å². The second-order valence-electron chi connectivity index (χ2n) is 6.82. The van der Waals surface area contributed by atoms with Crippen molar-refractivity contribution in [2.75, 3.05) is 31.1 Å². The Morgan fingerprint density at radius 3 is 2.58 bits per heavy atom. The van der Waals surface area contributed by atoms with E-state index in [9.17, 15) is 10.2 Å². The maximum absolute atomic E-state index is 10.1. The third kappa shape index (κ3) is 5.34. The van der Waals surface area contributed by atoms with E-state index in [0.717, 1.165) is 31.7 Å². The molecule has 140 valence electrons. The summed E-state index contributed by atoms with van der Waals surface area (Å²) in [5.41, 5.74) is 1.17. The minimum absolute atomic E-state index is 0.201. The van der Waals surface area contributed by atoms with Gasteiger partial charge in [0.25, 0.3) is 0 Å². The maximum Gasteiger partial charge on any atom is 0.128 e. The molecule has 6 heteroatoms.